The van der Waals surface area contributed by atoms with E-state index in [-0.39, 0.29) is 17.9 Å². The lowest BCUT2D eigenvalue weighted by Crippen LogP contribution is -2.46. The van der Waals surface area contributed by atoms with Crippen LogP contribution in [0.25, 0.3) is 0 Å². The molecule has 0 saturated heterocycles. The van der Waals surface area contributed by atoms with E-state index < -0.39 is 29.7 Å². The summed E-state index contributed by atoms with van der Waals surface area (Å²) in [4.78, 5) is 28.4. The lowest BCUT2D eigenvalue weighted by Gasteiger charge is -2.26. The number of ether oxygens (including phenoxy) is 1. The molecule has 2 rings (SSSR count). The molecule has 0 aromatic heterocycles. The summed E-state index contributed by atoms with van der Waals surface area (Å²) in [5, 5.41) is 3.41. The van der Waals surface area contributed by atoms with Crippen LogP contribution in [0.5, 0.6) is 0 Å². The third-order valence-corrected chi connectivity index (χ3v) is 7.29. The maximum atomic E-state index is 13.8. The van der Waals surface area contributed by atoms with Gasteiger partial charge in [-0.1, -0.05) is 47.0 Å². The zero-order valence-electron chi connectivity index (χ0n) is 25.5. The topological polar surface area (TPSA) is 84.7 Å². The van der Waals surface area contributed by atoms with E-state index in [4.69, 9.17) is 10.5 Å². The molecule has 0 aliphatic carbocycles. The van der Waals surface area contributed by atoms with Gasteiger partial charge in [-0.3, -0.25) is 4.79 Å². The van der Waals surface area contributed by atoms with Crippen molar-refractivity contribution >= 4 is 11.9 Å². The second-order valence-electron chi connectivity index (χ2n) is 11.0. The predicted octanol–water partition coefficient (Wildman–Crippen LogP) is 6.44. The number of amides is 1. The molecule has 0 saturated carbocycles. The summed E-state index contributed by atoms with van der Waals surface area (Å²) in [7, 11) is 0. The monoisotopic (exact) mass is 573 g/mol. The number of hydrogen-bond acceptors (Lipinski definition) is 5. The van der Waals surface area contributed by atoms with Gasteiger partial charge in [0.05, 0.1) is 5.56 Å². The Balaban J connectivity index is 2.25. The summed E-state index contributed by atoms with van der Waals surface area (Å²) in [5.41, 5.74) is 8.37. The normalized spacial score (nSPS) is 13.5. The first-order valence-electron chi connectivity index (χ1n) is 15.1. The first kappa shape index (κ1) is 34.4. The van der Waals surface area contributed by atoms with Crippen LogP contribution in [0.1, 0.15) is 98.1 Å². The number of rotatable bonds is 18. The van der Waals surface area contributed by atoms with Crippen molar-refractivity contribution in [2.75, 3.05) is 26.2 Å². The minimum atomic E-state index is -0.756. The highest BCUT2D eigenvalue weighted by Gasteiger charge is 2.25. The van der Waals surface area contributed by atoms with Crippen molar-refractivity contribution in [1.29, 1.82) is 0 Å². The third-order valence-electron chi connectivity index (χ3n) is 7.29. The number of halogens is 2. The average Bonchev–Trinajstić information content (AvgIpc) is 2.92. The van der Waals surface area contributed by atoms with Crippen molar-refractivity contribution in [1.82, 2.24) is 10.2 Å². The molecule has 2 aromatic rings. The number of hydrogen-bond donors (Lipinski definition) is 2. The van der Waals surface area contributed by atoms with Gasteiger partial charge in [-0.15, -0.1) is 0 Å². The van der Waals surface area contributed by atoms with Crippen LogP contribution >= 0.6 is 0 Å². The molecule has 0 spiro atoms. The first-order valence-corrected chi connectivity index (χ1v) is 15.1. The van der Waals surface area contributed by atoms with Gasteiger partial charge in [0.2, 0.25) is 0 Å². The maximum absolute atomic E-state index is 13.8. The van der Waals surface area contributed by atoms with Crippen LogP contribution in [-0.2, 0) is 11.2 Å². The summed E-state index contributed by atoms with van der Waals surface area (Å²) < 4.78 is 33.6. The summed E-state index contributed by atoms with van der Waals surface area (Å²) in [5.74, 6) is -1.59. The summed E-state index contributed by atoms with van der Waals surface area (Å²) in [6.07, 6.45) is 5.45. The second kappa shape index (κ2) is 17.9. The molecule has 3 N–H and O–H groups in total. The van der Waals surface area contributed by atoms with Gasteiger partial charge in [-0.25, -0.2) is 13.6 Å². The number of benzene rings is 2. The van der Waals surface area contributed by atoms with E-state index in [9.17, 15) is 18.4 Å². The van der Waals surface area contributed by atoms with Crippen molar-refractivity contribution in [3.63, 3.8) is 0 Å². The van der Waals surface area contributed by atoms with E-state index in [1.54, 1.807) is 23.1 Å². The molecule has 41 heavy (non-hydrogen) atoms. The lowest BCUT2D eigenvalue weighted by molar-refractivity contribution is 0.0236. The number of unbranched alkanes of at least 4 members (excludes halogenated alkanes) is 1. The molecule has 0 fully saturated rings. The fraction of sp³-hybridized carbons (Fsp3) is 0.576. The number of carbonyl (C=O) groups is 2. The highest BCUT2D eigenvalue weighted by molar-refractivity contribution is 5.98. The quantitative estimate of drug-likeness (QED) is 0.201. The Bertz CT molecular complexity index is 1080. The molecule has 0 aliphatic heterocycles. The van der Waals surface area contributed by atoms with Crippen LogP contribution in [0.15, 0.2) is 36.4 Å². The van der Waals surface area contributed by atoms with E-state index in [0.717, 1.165) is 56.7 Å². The van der Waals surface area contributed by atoms with Gasteiger partial charge in [-0.2, -0.15) is 0 Å². The van der Waals surface area contributed by atoms with Gasteiger partial charge in [0.25, 0.3) is 5.91 Å². The van der Waals surface area contributed by atoms with Crippen molar-refractivity contribution < 1.29 is 23.1 Å². The molecule has 3 atom stereocenters. The van der Waals surface area contributed by atoms with E-state index >= 15 is 0 Å². The molecule has 0 radical (unpaired) electrons. The largest absolute Gasteiger partial charge is 0.456 e. The predicted molar refractivity (Wildman–Crippen MR) is 161 cm³/mol. The molecule has 8 heteroatoms. The summed E-state index contributed by atoms with van der Waals surface area (Å²) in [6.45, 7) is 12.5. The zero-order chi connectivity index (χ0) is 30.4. The van der Waals surface area contributed by atoms with Crippen molar-refractivity contribution in [2.24, 2.45) is 11.7 Å². The first-order chi connectivity index (χ1) is 19.6. The van der Waals surface area contributed by atoms with Crippen LogP contribution in [-0.4, -0.2) is 55.1 Å². The van der Waals surface area contributed by atoms with Gasteiger partial charge in [0, 0.05) is 37.3 Å². The van der Waals surface area contributed by atoms with Crippen molar-refractivity contribution in [3.05, 3.63) is 70.3 Å². The average molecular weight is 574 g/mol. The SMILES string of the molecule is CCCCC(CC)CNC[C@@H](OC(=O)c1cc(C)cc(C(=O)N(CCC)CCC)c1)[C@@H](N)Cc1cc(F)cc(F)c1. The van der Waals surface area contributed by atoms with Gasteiger partial charge in [0.1, 0.15) is 17.7 Å². The van der Waals surface area contributed by atoms with E-state index in [1.165, 1.54) is 12.1 Å². The molecule has 0 bridgehead atoms. The van der Waals surface area contributed by atoms with Gasteiger partial charge in [0.15, 0.2) is 0 Å². The second-order valence-corrected chi connectivity index (χ2v) is 11.0. The van der Waals surface area contributed by atoms with Crippen LogP contribution < -0.4 is 11.1 Å². The zero-order valence-corrected chi connectivity index (χ0v) is 25.5. The molecule has 6 nitrogen and oxygen atoms in total. The number of esters is 1. The standard InChI is InChI=1S/C33H49F2N3O3/c1-6-10-11-24(9-4)21-37-22-31(30(36)18-25-16-28(34)20-29(35)17-25)41-33(40)27-15-23(5)14-26(19-27)32(39)38(12-7-2)13-8-3/h14-17,19-20,24,30-31,37H,6-13,18,21-22,36H2,1-5H3/t24?,30-,31+/m0/s1. The number of carbonyl (C=O) groups excluding carboxylic acids is 2. The van der Waals surface area contributed by atoms with Gasteiger partial charge >= 0.3 is 5.97 Å². The number of nitrogens with one attached hydrogen (secondary N) is 1. The van der Waals surface area contributed by atoms with E-state index in [0.29, 0.717) is 36.7 Å². The number of nitrogens with two attached hydrogens (primary N) is 1. The number of aryl methyl sites for hydroxylation is 1. The summed E-state index contributed by atoms with van der Waals surface area (Å²) in [6, 6.07) is 7.63. The Hall–Kier alpha value is -2.84. The van der Waals surface area contributed by atoms with Crippen molar-refractivity contribution in [3.8, 4) is 0 Å². The molecule has 228 valence electrons. The van der Waals surface area contributed by atoms with E-state index in [2.05, 4.69) is 19.2 Å². The minimum Gasteiger partial charge on any atom is -0.456 e. The highest BCUT2D eigenvalue weighted by Crippen LogP contribution is 2.18. The number of nitrogens with zero attached hydrogens (tertiary/aromatic N) is 1. The third kappa shape index (κ3) is 11.5. The fourth-order valence-corrected chi connectivity index (χ4v) is 5.05. The molecule has 1 amide bonds. The maximum Gasteiger partial charge on any atom is 0.338 e. The molecule has 0 aliphatic rings. The Labute approximate surface area is 245 Å². The van der Waals surface area contributed by atoms with Crippen LogP contribution in [0.4, 0.5) is 8.78 Å². The van der Waals surface area contributed by atoms with Crippen LogP contribution in [0.3, 0.4) is 0 Å². The van der Waals surface area contributed by atoms with Gasteiger partial charge in [-0.05, 0) is 86.5 Å². The summed E-state index contributed by atoms with van der Waals surface area (Å²) >= 11 is 0. The van der Waals surface area contributed by atoms with Crippen LogP contribution in [0, 0.1) is 24.5 Å². The fourth-order valence-electron chi connectivity index (χ4n) is 5.05. The smallest absolute Gasteiger partial charge is 0.338 e. The Morgan fingerprint density at radius 2 is 1.54 bits per heavy atom. The molecular weight excluding hydrogens is 524 g/mol. The van der Waals surface area contributed by atoms with Crippen molar-refractivity contribution in [2.45, 2.75) is 91.7 Å². The van der Waals surface area contributed by atoms with Crippen LogP contribution in [0.2, 0.25) is 0 Å². The Kier molecular flexibility index (Phi) is 15.0. The molecule has 0 heterocycles. The minimum absolute atomic E-state index is 0.118. The molecular formula is C33H49F2N3O3. The Morgan fingerprint density at radius 3 is 2.12 bits per heavy atom. The Morgan fingerprint density at radius 1 is 0.902 bits per heavy atom. The molecule has 1 unspecified atom stereocenters. The highest BCUT2D eigenvalue weighted by atomic mass is 19.1. The van der Waals surface area contributed by atoms with E-state index in [1.807, 2.05) is 20.8 Å². The molecule has 2 aromatic carbocycles. The van der Waals surface area contributed by atoms with Gasteiger partial charge < -0.3 is 20.7 Å². The lowest BCUT2D eigenvalue weighted by atomic mass is 9.98.